The fourth-order valence-corrected chi connectivity index (χ4v) is 6.84. The highest BCUT2D eigenvalue weighted by atomic mass is 16.7. The minimum absolute atomic E-state index is 0.0708. The maximum Gasteiger partial charge on any atom is 0.308 e. The number of carbonyl (C=O) groups is 2. The molecule has 0 bridgehead atoms. The molecule has 3 atom stereocenters. The minimum Gasteiger partial charge on any atom is -0.496 e. The molecule has 46 heavy (non-hydrogen) atoms. The number of carboxylic acids is 1. The lowest BCUT2D eigenvalue weighted by Gasteiger charge is -2.30. The maximum atomic E-state index is 14.0. The number of benzene rings is 2. The largest absolute Gasteiger partial charge is 0.496 e. The summed E-state index contributed by atoms with van der Waals surface area (Å²) in [6.07, 6.45) is 6.11. The van der Waals surface area contributed by atoms with Gasteiger partial charge in [-0.2, -0.15) is 0 Å². The molecule has 1 saturated heterocycles. The lowest BCUT2D eigenvalue weighted by molar-refractivity contribution is -0.870. The number of carboxylic acid groups (broad SMARTS) is 1. The van der Waals surface area contributed by atoms with Gasteiger partial charge in [-0.3, -0.25) is 14.5 Å². The molecule has 0 aliphatic carbocycles. The third-order valence-corrected chi connectivity index (χ3v) is 9.26. The predicted molar refractivity (Wildman–Crippen MR) is 178 cm³/mol. The Bertz CT molecular complexity index is 1310. The number of methoxy groups -OCH3 is 2. The standard InChI is InChI=1S/C36H53N3O7/c1-7-8-18-37(19-11-12-20-39(2,3)4)33(40)24-38-23-28(27-21-31(44-6)35-32(22-27)45-25-46-35)34(36(41)42)29(38)16-13-15-26-14-9-10-17-30(26)43-5/h9-10,14,17,21-22,28-29,34H,7-8,11-13,15-16,18-20,23-25H2,1-6H3/p+1/t28-,29+,34?/m1/s1. The van der Waals surface area contributed by atoms with Crippen LogP contribution in [0.3, 0.4) is 0 Å². The first-order chi connectivity index (χ1) is 22.1. The molecule has 0 saturated carbocycles. The molecule has 10 nitrogen and oxygen atoms in total. The van der Waals surface area contributed by atoms with E-state index in [2.05, 4.69) is 39.0 Å². The van der Waals surface area contributed by atoms with Gasteiger partial charge in [-0.25, -0.2) is 0 Å². The van der Waals surface area contributed by atoms with E-state index in [0.29, 0.717) is 30.2 Å². The van der Waals surface area contributed by atoms with Gasteiger partial charge in [0.2, 0.25) is 18.4 Å². The topological polar surface area (TPSA) is 97.8 Å². The van der Waals surface area contributed by atoms with Crippen molar-refractivity contribution in [3.8, 4) is 23.0 Å². The van der Waals surface area contributed by atoms with Gasteiger partial charge >= 0.3 is 5.97 Å². The lowest BCUT2D eigenvalue weighted by atomic mass is 9.83. The van der Waals surface area contributed by atoms with Gasteiger partial charge < -0.3 is 33.4 Å². The van der Waals surface area contributed by atoms with Crippen LogP contribution in [0.15, 0.2) is 36.4 Å². The fraction of sp³-hybridized carbons (Fsp3) is 0.611. The number of ether oxygens (including phenoxy) is 4. The lowest BCUT2D eigenvalue weighted by Crippen LogP contribution is -2.45. The summed E-state index contributed by atoms with van der Waals surface area (Å²) in [5.74, 6) is 0.605. The molecule has 1 amide bonds. The average molecular weight is 641 g/mol. The molecule has 2 aliphatic heterocycles. The van der Waals surface area contributed by atoms with E-state index in [1.54, 1.807) is 14.2 Å². The molecule has 10 heteroatoms. The number of carbonyl (C=O) groups excluding carboxylic acids is 1. The SMILES string of the molecule is CCCCN(CCCC[N+](C)(C)C)C(=O)CN1C[C@H](c2cc(OC)c3c(c2)OCO3)C(C(=O)O)[C@@H]1CCCc1ccccc1OC. The molecule has 0 aromatic heterocycles. The summed E-state index contributed by atoms with van der Waals surface area (Å²) in [7, 11) is 9.80. The van der Waals surface area contributed by atoms with Gasteiger partial charge in [0.05, 0.1) is 54.4 Å². The highest BCUT2D eigenvalue weighted by molar-refractivity contribution is 5.79. The summed E-state index contributed by atoms with van der Waals surface area (Å²) in [5, 5.41) is 10.7. The Hall–Kier alpha value is -3.50. The van der Waals surface area contributed by atoms with E-state index in [1.165, 1.54) is 0 Å². The van der Waals surface area contributed by atoms with E-state index in [9.17, 15) is 14.7 Å². The Morgan fingerprint density at radius 1 is 1.00 bits per heavy atom. The number of amides is 1. The van der Waals surface area contributed by atoms with E-state index in [-0.39, 0.29) is 31.2 Å². The summed E-state index contributed by atoms with van der Waals surface area (Å²) < 4.78 is 23.4. The van der Waals surface area contributed by atoms with Crippen LogP contribution in [0, 0.1) is 5.92 Å². The second-order valence-electron chi connectivity index (χ2n) is 13.6. The van der Waals surface area contributed by atoms with Crippen LogP contribution in [0.25, 0.3) is 0 Å². The Kier molecular flexibility index (Phi) is 12.6. The van der Waals surface area contributed by atoms with E-state index < -0.39 is 11.9 Å². The van der Waals surface area contributed by atoms with Gasteiger partial charge in [0, 0.05) is 31.6 Å². The van der Waals surface area contributed by atoms with Crippen LogP contribution in [0.2, 0.25) is 0 Å². The Labute approximate surface area is 274 Å². The number of nitrogens with zero attached hydrogens (tertiary/aromatic N) is 3. The van der Waals surface area contributed by atoms with Crippen molar-refractivity contribution in [1.29, 1.82) is 0 Å². The first-order valence-corrected chi connectivity index (χ1v) is 16.7. The highest BCUT2D eigenvalue weighted by Crippen LogP contribution is 2.47. The average Bonchev–Trinajstić information content (AvgIpc) is 3.64. The summed E-state index contributed by atoms with van der Waals surface area (Å²) in [4.78, 5) is 31.1. The predicted octanol–water partition coefficient (Wildman–Crippen LogP) is 5.04. The zero-order valence-corrected chi connectivity index (χ0v) is 28.6. The van der Waals surface area contributed by atoms with Crippen LogP contribution in [0.1, 0.15) is 62.5 Å². The number of unbranched alkanes of at least 4 members (excludes halogenated alkanes) is 2. The van der Waals surface area contributed by atoms with Crippen LogP contribution in [-0.4, -0.2) is 112 Å². The molecular formula is C36H54N3O7+. The van der Waals surface area contributed by atoms with Crippen molar-refractivity contribution in [2.75, 3.05) is 74.9 Å². The minimum atomic E-state index is -0.859. The molecular weight excluding hydrogens is 586 g/mol. The van der Waals surface area contributed by atoms with Crippen LogP contribution in [-0.2, 0) is 16.0 Å². The Morgan fingerprint density at radius 2 is 1.74 bits per heavy atom. The van der Waals surface area contributed by atoms with Gasteiger partial charge in [-0.1, -0.05) is 31.5 Å². The van der Waals surface area contributed by atoms with Gasteiger partial charge in [0.15, 0.2) is 11.5 Å². The van der Waals surface area contributed by atoms with Crippen molar-refractivity contribution >= 4 is 11.9 Å². The monoisotopic (exact) mass is 640 g/mol. The maximum absolute atomic E-state index is 14.0. The number of para-hydroxylation sites is 1. The molecule has 2 heterocycles. The number of fused-ring (bicyclic) bond motifs is 1. The summed E-state index contributed by atoms with van der Waals surface area (Å²) in [6, 6.07) is 11.4. The van der Waals surface area contributed by atoms with Gasteiger partial charge in [0.1, 0.15) is 5.75 Å². The second kappa shape index (κ2) is 16.4. The van der Waals surface area contributed by atoms with Gasteiger partial charge in [-0.15, -0.1) is 0 Å². The second-order valence-corrected chi connectivity index (χ2v) is 13.6. The van der Waals surface area contributed by atoms with Crippen LogP contribution in [0.4, 0.5) is 0 Å². The molecule has 1 unspecified atom stereocenters. The molecule has 0 radical (unpaired) electrons. The number of rotatable bonds is 18. The molecule has 0 spiro atoms. The molecule has 2 aromatic carbocycles. The molecule has 1 fully saturated rings. The first kappa shape index (κ1) is 35.4. The number of quaternary nitrogens is 1. The number of hydrogen-bond acceptors (Lipinski definition) is 7. The number of aliphatic carboxylic acids is 1. The van der Waals surface area contributed by atoms with E-state index in [1.807, 2.05) is 35.2 Å². The highest BCUT2D eigenvalue weighted by Gasteiger charge is 2.47. The molecule has 2 aliphatic rings. The van der Waals surface area contributed by atoms with Crippen molar-refractivity contribution < 1.29 is 38.1 Å². The van der Waals surface area contributed by atoms with Crippen LogP contribution >= 0.6 is 0 Å². The molecule has 2 aromatic rings. The van der Waals surface area contributed by atoms with E-state index in [0.717, 1.165) is 79.5 Å². The van der Waals surface area contributed by atoms with Crippen LogP contribution in [0.5, 0.6) is 23.0 Å². The van der Waals surface area contributed by atoms with Crippen molar-refractivity contribution in [2.24, 2.45) is 5.92 Å². The smallest absolute Gasteiger partial charge is 0.308 e. The quantitative estimate of drug-likeness (QED) is 0.179. The third kappa shape index (κ3) is 9.06. The van der Waals surface area contributed by atoms with E-state index >= 15 is 0 Å². The van der Waals surface area contributed by atoms with Crippen LogP contribution < -0.4 is 18.9 Å². The Balaban J connectivity index is 1.58. The third-order valence-electron chi connectivity index (χ3n) is 9.26. The fourth-order valence-electron chi connectivity index (χ4n) is 6.84. The van der Waals surface area contributed by atoms with Gasteiger partial charge in [-0.05, 0) is 67.9 Å². The molecule has 254 valence electrons. The number of hydrogen-bond donors (Lipinski definition) is 1. The zero-order valence-electron chi connectivity index (χ0n) is 28.6. The zero-order chi connectivity index (χ0) is 33.3. The Morgan fingerprint density at radius 3 is 2.43 bits per heavy atom. The van der Waals surface area contributed by atoms with E-state index in [4.69, 9.17) is 18.9 Å². The van der Waals surface area contributed by atoms with Crippen molar-refractivity contribution in [1.82, 2.24) is 9.80 Å². The first-order valence-electron chi connectivity index (χ1n) is 16.7. The summed E-state index contributed by atoms with van der Waals surface area (Å²) in [6.45, 7) is 5.37. The molecule has 4 rings (SSSR count). The summed E-state index contributed by atoms with van der Waals surface area (Å²) >= 11 is 0. The van der Waals surface area contributed by atoms with Crippen molar-refractivity contribution in [3.63, 3.8) is 0 Å². The van der Waals surface area contributed by atoms with Crippen molar-refractivity contribution in [3.05, 3.63) is 47.5 Å². The number of aryl methyl sites for hydroxylation is 1. The normalized spacial score (nSPS) is 19.3. The molecule has 1 N–H and O–H groups in total. The number of likely N-dealkylation sites (tertiary alicyclic amines) is 1. The summed E-state index contributed by atoms with van der Waals surface area (Å²) in [5.41, 5.74) is 1.91. The van der Waals surface area contributed by atoms with Crippen molar-refractivity contribution in [2.45, 2.75) is 63.8 Å². The van der Waals surface area contributed by atoms with Gasteiger partial charge in [0.25, 0.3) is 0 Å².